The van der Waals surface area contributed by atoms with Crippen LogP contribution >= 0.6 is 0 Å². The average Bonchev–Trinajstić information content (AvgIpc) is 2.47. The minimum atomic E-state index is -1.05. The molecule has 0 saturated heterocycles. The number of aromatic carboxylic acids is 1. The topological polar surface area (TPSA) is 68.5 Å². The number of fused-ring (bicyclic) bond motifs is 1. The van der Waals surface area contributed by atoms with Crippen molar-refractivity contribution in [1.82, 2.24) is 4.57 Å². The average molecular weight is 271 g/mol. The van der Waals surface area contributed by atoms with E-state index < -0.39 is 5.97 Å². The van der Waals surface area contributed by atoms with E-state index >= 15 is 0 Å². The second-order valence-electron chi connectivity index (χ2n) is 4.69. The summed E-state index contributed by atoms with van der Waals surface area (Å²) < 4.78 is 6.73. The van der Waals surface area contributed by atoms with E-state index in [0.29, 0.717) is 18.9 Å². The normalized spacial score (nSPS) is 13.8. The third-order valence-electron chi connectivity index (χ3n) is 3.40. The van der Waals surface area contributed by atoms with Crippen LogP contribution in [-0.2, 0) is 17.8 Å². The van der Waals surface area contributed by atoms with E-state index in [4.69, 9.17) is 9.84 Å². The molecule has 1 aromatic heterocycles. The molecule has 102 valence electrons. The minimum Gasteiger partial charge on any atom is -0.478 e. The summed E-state index contributed by atoms with van der Waals surface area (Å²) in [4.78, 5) is 22.9. The van der Waals surface area contributed by atoms with Crippen molar-refractivity contribution in [2.75, 3.05) is 6.61 Å². The summed E-state index contributed by atoms with van der Waals surface area (Å²) in [6.45, 7) is 1.25. The van der Waals surface area contributed by atoms with Crippen LogP contribution in [0.15, 0.2) is 41.3 Å². The molecule has 0 amide bonds. The smallest absolute Gasteiger partial charge is 0.337 e. The number of rotatable bonds is 2. The van der Waals surface area contributed by atoms with Gasteiger partial charge in [0.05, 0.1) is 18.8 Å². The van der Waals surface area contributed by atoms with Gasteiger partial charge in [0.1, 0.15) is 0 Å². The summed E-state index contributed by atoms with van der Waals surface area (Å²) in [5.41, 5.74) is 2.77. The molecule has 5 heteroatoms. The van der Waals surface area contributed by atoms with Gasteiger partial charge in [-0.3, -0.25) is 9.36 Å². The van der Waals surface area contributed by atoms with Gasteiger partial charge in [-0.2, -0.15) is 0 Å². The molecule has 0 unspecified atom stereocenters. The lowest BCUT2D eigenvalue weighted by Crippen LogP contribution is -2.19. The lowest BCUT2D eigenvalue weighted by Gasteiger charge is -2.17. The van der Waals surface area contributed by atoms with Crippen LogP contribution in [0, 0.1) is 0 Å². The van der Waals surface area contributed by atoms with E-state index in [2.05, 4.69) is 0 Å². The minimum absolute atomic E-state index is 0.0886. The highest BCUT2D eigenvalue weighted by molar-refractivity contribution is 5.87. The van der Waals surface area contributed by atoms with E-state index in [9.17, 15) is 9.59 Å². The second-order valence-corrected chi connectivity index (χ2v) is 4.69. The highest BCUT2D eigenvalue weighted by Gasteiger charge is 2.12. The monoisotopic (exact) mass is 271 g/mol. The van der Waals surface area contributed by atoms with Gasteiger partial charge in [-0.05, 0) is 35.7 Å². The Morgan fingerprint density at radius 2 is 2.05 bits per heavy atom. The number of aromatic nitrogens is 1. The highest BCUT2D eigenvalue weighted by Crippen LogP contribution is 2.20. The number of pyridine rings is 1. The lowest BCUT2D eigenvalue weighted by atomic mass is 10.0. The van der Waals surface area contributed by atoms with E-state index in [0.717, 1.165) is 17.5 Å². The Bertz CT molecular complexity index is 733. The first-order valence-corrected chi connectivity index (χ1v) is 6.31. The number of carbonyl (C=O) groups is 1. The van der Waals surface area contributed by atoms with Crippen molar-refractivity contribution in [2.45, 2.75) is 13.0 Å². The Kier molecular flexibility index (Phi) is 3.12. The molecular weight excluding hydrogens is 258 g/mol. The number of benzene rings is 1. The Hall–Kier alpha value is -2.40. The SMILES string of the molecule is O=C(O)c1ccc(=O)n(-c2ccc3c(c2)CCOC3)c1. The molecule has 0 atom stereocenters. The largest absolute Gasteiger partial charge is 0.478 e. The van der Waals surface area contributed by atoms with Crippen molar-refractivity contribution in [3.05, 3.63) is 63.6 Å². The Balaban J connectivity index is 2.11. The molecule has 5 nitrogen and oxygen atoms in total. The lowest BCUT2D eigenvalue weighted by molar-refractivity contribution is 0.0696. The first-order chi connectivity index (χ1) is 9.65. The summed E-state index contributed by atoms with van der Waals surface area (Å²) in [6.07, 6.45) is 2.16. The standard InChI is InChI=1S/C15H13NO4/c17-14-4-2-11(15(18)19)8-16(14)13-3-1-12-9-20-6-5-10(12)7-13/h1-4,7-8H,5-6,9H2,(H,18,19). The molecule has 0 spiro atoms. The zero-order valence-electron chi connectivity index (χ0n) is 10.7. The van der Waals surface area contributed by atoms with Crippen LogP contribution in [0.4, 0.5) is 0 Å². The summed E-state index contributed by atoms with van der Waals surface area (Å²) in [5.74, 6) is -1.05. The molecule has 1 aliphatic heterocycles. The third-order valence-corrected chi connectivity index (χ3v) is 3.40. The van der Waals surface area contributed by atoms with Crippen molar-refractivity contribution in [3.63, 3.8) is 0 Å². The van der Waals surface area contributed by atoms with Gasteiger partial charge < -0.3 is 9.84 Å². The molecule has 1 N–H and O–H groups in total. The molecule has 1 aliphatic rings. The van der Waals surface area contributed by atoms with Gasteiger partial charge in [0.15, 0.2) is 0 Å². The number of hydrogen-bond acceptors (Lipinski definition) is 3. The Labute approximate surface area is 115 Å². The molecular formula is C15H13NO4. The van der Waals surface area contributed by atoms with Crippen LogP contribution in [-0.4, -0.2) is 22.2 Å². The molecule has 0 aliphatic carbocycles. The van der Waals surface area contributed by atoms with Crippen LogP contribution in [0.1, 0.15) is 21.5 Å². The Morgan fingerprint density at radius 3 is 2.85 bits per heavy atom. The van der Waals surface area contributed by atoms with Gasteiger partial charge in [-0.1, -0.05) is 6.07 Å². The maximum absolute atomic E-state index is 11.9. The van der Waals surface area contributed by atoms with Gasteiger partial charge in [0.2, 0.25) is 0 Å². The van der Waals surface area contributed by atoms with Crippen molar-refractivity contribution < 1.29 is 14.6 Å². The maximum Gasteiger partial charge on any atom is 0.337 e. The zero-order valence-corrected chi connectivity index (χ0v) is 10.7. The van der Waals surface area contributed by atoms with Gasteiger partial charge in [0, 0.05) is 18.0 Å². The molecule has 3 rings (SSSR count). The van der Waals surface area contributed by atoms with Crippen LogP contribution in [0.2, 0.25) is 0 Å². The van der Waals surface area contributed by atoms with Crippen molar-refractivity contribution in [3.8, 4) is 5.69 Å². The van der Waals surface area contributed by atoms with E-state index in [1.807, 2.05) is 12.1 Å². The number of nitrogens with zero attached hydrogens (tertiary/aromatic N) is 1. The van der Waals surface area contributed by atoms with Gasteiger partial charge in [-0.25, -0.2) is 4.79 Å². The van der Waals surface area contributed by atoms with E-state index in [-0.39, 0.29) is 11.1 Å². The van der Waals surface area contributed by atoms with Crippen LogP contribution < -0.4 is 5.56 Å². The van der Waals surface area contributed by atoms with Crippen LogP contribution in [0.3, 0.4) is 0 Å². The number of carboxylic acid groups (broad SMARTS) is 1. The Morgan fingerprint density at radius 1 is 1.20 bits per heavy atom. The fourth-order valence-electron chi connectivity index (χ4n) is 2.32. The fraction of sp³-hybridized carbons (Fsp3) is 0.200. The van der Waals surface area contributed by atoms with Gasteiger partial charge in [-0.15, -0.1) is 0 Å². The molecule has 1 aromatic carbocycles. The van der Waals surface area contributed by atoms with Crippen LogP contribution in [0.25, 0.3) is 5.69 Å². The molecule has 0 bridgehead atoms. The van der Waals surface area contributed by atoms with Crippen LogP contribution in [0.5, 0.6) is 0 Å². The van der Waals surface area contributed by atoms with Gasteiger partial charge >= 0.3 is 5.97 Å². The summed E-state index contributed by atoms with van der Waals surface area (Å²) in [6, 6.07) is 8.23. The number of hydrogen-bond donors (Lipinski definition) is 1. The number of carboxylic acids is 1. The second kappa shape index (κ2) is 4.94. The number of ether oxygens (including phenoxy) is 1. The van der Waals surface area contributed by atoms with E-state index in [1.165, 1.54) is 22.9 Å². The predicted molar refractivity (Wildman–Crippen MR) is 72.4 cm³/mol. The van der Waals surface area contributed by atoms with Crippen molar-refractivity contribution in [2.24, 2.45) is 0 Å². The summed E-state index contributed by atoms with van der Waals surface area (Å²) >= 11 is 0. The zero-order chi connectivity index (χ0) is 14.1. The molecule has 2 aromatic rings. The first-order valence-electron chi connectivity index (χ1n) is 6.31. The highest BCUT2D eigenvalue weighted by atomic mass is 16.5. The summed E-state index contributed by atoms with van der Waals surface area (Å²) in [7, 11) is 0. The van der Waals surface area contributed by atoms with Crippen molar-refractivity contribution in [1.29, 1.82) is 0 Å². The molecule has 0 radical (unpaired) electrons. The predicted octanol–water partition coefficient (Wildman–Crippen LogP) is 1.61. The third kappa shape index (κ3) is 2.23. The summed E-state index contributed by atoms with van der Waals surface area (Å²) in [5, 5.41) is 9.01. The quantitative estimate of drug-likeness (QED) is 0.901. The molecule has 0 saturated carbocycles. The first kappa shape index (κ1) is 12.6. The molecule has 0 fully saturated rings. The van der Waals surface area contributed by atoms with Crippen molar-refractivity contribution >= 4 is 5.97 Å². The van der Waals surface area contributed by atoms with E-state index in [1.54, 1.807) is 6.07 Å². The maximum atomic E-state index is 11.9. The van der Waals surface area contributed by atoms with Gasteiger partial charge in [0.25, 0.3) is 5.56 Å². The molecule has 2 heterocycles. The molecule has 20 heavy (non-hydrogen) atoms. The fourth-order valence-corrected chi connectivity index (χ4v) is 2.32.